The van der Waals surface area contributed by atoms with Crippen LogP contribution in [-0.4, -0.2) is 34.8 Å². The van der Waals surface area contributed by atoms with Gasteiger partial charge in [0.2, 0.25) is 5.95 Å². The van der Waals surface area contributed by atoms with Gasteiger partial charge in [-0.15, -0.1) is 0 Å². The third-order valence-electron chi connectivity index (χ3n) is 2.53. The molecule has 3 N–H and O–H groups in total. The fraction of sp³-hybridized carbons (Fsp3) is 0.429. The van der Waals surface area contributed by atoms with Gasteiger partial charge >= 0.3 is 6.09 Å². The zero-order chi connectivity index (χ0) is 15.5. The van der Waals surface area contributed by atoms with Gasteiger partial charge in [-0.1, -0.05) is 0 Å². The summed E-state index contributed by atoms with van der Waals surface area (Å²) < 4.78 is 18.2. The van der Waals surface area contributed by atoms with Crippen molar-refractivity contribution in [1.29, 1.82) is 0 Å². The number of alkyl carbamates (subject to hydrolysis) is 1. The van der Waals surface area contributed by atoms with Gasteiger partial charge in [0.05, 0.1) is 11.0 Å². The van der Waals surface area contributed by atoms with Crippen LogP contribution in [0.5, 0.6) is 0 Å². The van der Waals surface area contributed by atoms with E-state index in [1.54, 1.807) is 26.8 Å². The molecule has 0 spiro atoms. The van der Waals surface area contributed by atoms with Crippen LogP contribution in [0.15, 0.2) is 18.2 Å². The number of rotatable bonds is 4. The minimum atomic E-state index is -0.514. The van der Waals surface area contributed by atoms with Gasteiger partial charge in [-0.25, -0.2) is 14.2 Å². The number of anilines is 1. The van der Waals surface area contributed by atoms with E-state index < -0.39 is 11.7 Å². The molecular formula is C14H19FN4O2. The summed E-state index contributed by atoms with van der Waals surface area (Å²) in [5.41, 5.74) is 0.789. The van der Waals surface area contributed by atoms with E-state index in [2.05, 4.69) is 20.6 Å². The molecule has 0 aliphatic heterocycles. The number of ether oxygens (including phenoxy) is 1. The maximum Gasteiger partial charge on any atom is 0.407 e. The molecule has 0 bridgehead atoms. The number of nitrogens with one attached hydrogen (secondary N) is 3. The molecule has 0 saturated heterocycles. The van der Waals surface area contributed by atoms with Crippen molar-refractivity contribution in [3.63, 3.8) is 0 Å². The van der Waals surface area contributed by atoms with E-state index in [9.17, 15) is 9.18 Å². The van der Waals surface area contributed by atoms with Crippen LogP contribution in [0.25, 0.3) is 11.0 Å². The zero-order valence-corrected chi connectivity index (χ0v) is 12.3. The highest BCUT2D eigenvalue weighted by molar-refractivity contribution is 5.77. The maximum absolute atomic E-state index is 13.0. The number of carbonyl (C=O) groups excluding carboxylic acids is 1. The van der Waals surface area contributed by atoms with E-state index in [0.717, 1.165) is 0 Å². The highest BCUT2D eigenvalue weighted by atomic mass is 19.1. The number of fused-ring (bicyclic) bond motifs is 1. The Labute approximate surface area is 122 Å². The summed E-state index contributed by atoms with van der Waals surface area (Å²) in [7, 11) is 0. The molecule has 0 aliphatic rings. The van der Waals surface area contributed by atoms with E-state index in [0.29, 0.717) is 30.1 Å². The molecular weight excluding hydrogens is 275 g/mol. The molecule has 6 nitrogen and oxygen atoms in total. The van der Waals surface area contributed by atoms with Crippen LogP contribution in [-0.2, 0) is 4.74 Å². The maximum atomic E-state index is 13.0. The Kier molecular flexibility index (Phi) is 4.30. The zero-order valence-electron chi connectivity index (χ0n) is 12.3. The lowest BCUT2D eigenvalue weighted by atomic mass is 10.2. The Morgan fingerprint density at radius 1 is 1.38 bits per heavy atom. The molecule has 1 aromatic heterocycles. The Morgan fingerprint density at radius 2 is 2.14 bits per heavy atom. The number of aromatic amines is 1. The van der Waals surface area contributed by atoms with Gasteiger partial charge in [-0.3, -0.25) is 0 Å². The summed E-state index contributed by atoms with van der Waals surface area (Å²) in [4.78, 5) is 18.6. The summed E-state index contributed by atoms with van der Waals surface area (Å²) in [6.45, 7) is 6.27. The molecule has 114 valence electrons. The fourth-order valence-electron chi connectivity index (χ4n) is 1.73. The van der Waals surface area contributed by atoms with Gasteiger partial charge in [0.1, 0.15) is 11.4 Å². The van der Waals surface area contributed by atoms with Crippen molar-refractivity contribution in [2.24, 2.45) is 0 Å². The minimum absolute atomic E-state index is 0.315. The van der Waals surface area contributed by atoms with Crippen LogP contribution in [0.1, 0.15) is 20.8 Å². The third kappa shape index (κ3) is 4.62. The first-order chi connectivity index (χ1) is 9.83. The quantitative estimate of drug-likeness (QED) is 0.757. The van der Waals surface area contributed by atoms with Gasteiger partial charge in [0, 0.05) is 13.1 Å². The smallest absolute Gasteiger partial charge is 0.407 e. The number of hydrogen-bond acceptors (Lipinski definition) is 4. The molecule has 0 saturated carbocycles. The summed E-state index contributed by atoms with van der Waals surface area (Å²) >= 11 is 0. The molecule has 0 aliphatic carbocycles. The third-order valence-corrected chi connectivity index (χ3v) is 2.53. The largest absolute Gasteiger partial charge is 0.444 e. The van der Waals surface area contributed by atoms with Crippen molar-refractivity contribution in [1.82, 2.24) is 15.3 Å². The van der Waals surface area contributed by atoms with E-state index in [1.165, 1.54) is 12.1 Å². The lowest BCUT2D eigenvalue weighted by Gasteiger charge is -2.19. The van der Waals surface area contributed by atoms with E-state index in [1.807, 2.05) is 0 Å². The fourth-order valence-corrected chi connectivity index (χ4v) is 1.73. The normalized spacial score (nSPS) is 11.4. The van der Waals surface area contributed by atoms with Crippen LogP contribution in [0.4, 0.5) is 15.1 Å². The second-order valence-electron chi connectivity index (χ2n) is 5.60. The number of nitrogens with zero attached hydrogens (tertiary/aromatic N) is 1. The van der Waals surface area contributed by atoms with Crippen molar-refractivity contribution < 1.29 is 13.9 Å². The highest BCUT2D eigenvalue weighted by Gasteiger charge is 2.15. The molecule has 2 aromatic rings. The monoisotopic (exact) mass is 294 g/mol. The Bertz CT molecular complexity index is 633. The number of aromatic nitrogens is 2. The molecule has 1 aromatic carbocycles. The second-order valence-corrected chi connectivity index (χ2v) is 5.60. The van der Waals surface area contributed by atoms with Crippen LogP contribution < -0.4 is 10.6 Å². The van der Waals surface area contributed by atoms with Gasteiger partial charge in [0.25, 0.3) is 0 Å². The van der Waals surface area contributed by atoms with Crippen molar-refractivity contribution in [3.8, 4) is 0 Å². The molecule has 1 amide bonds. The van der Waals surface area contributed by atoms with E-state index in [-0.39, 0.29) is 5.82 Å². The number of halogens is 1. The second kappa shape index (κ2) is 5.99. The molecule has 0 unspecified atom stereocenters. The minimum Gasteiger partial charge on any atom is -0.444 e. The summed E-state index contributed by atoms with van der Waals surface area (Å²) in [6.07, 6.45) is -0.462. The molecule has 0 atom stereocenters. The summed E-state index contributed by atoms with van der Waals surface area (Å²) in [5.74, 6) is 0.214. The van der Waals surface area contributed by atoms with Gasteiger partial charge in [-0.05, 0) is 39.0 Å². The van der Waals surface area contributed by atoms with Crippen molar-refractivity contribution in [2.75, 3.05) is 18.4 Å². The standard InChI is InChI=1S/C14H19FN4O2/c1-14(2,3)21-13(20)17-7-6-16-12-18-10-5-4-9(15)8-11(10)19-12/h4-5,8H,6-7H2,1-3H3,(H,17,20)(H2,16,18,19). The van der Waals surface area contributed by atoms with E-state index >= 15 is 0 Å². The van der Waals surface area contributed by atoms with Crippen molar-refractivity contribution in [3.05, 3.63) is 24.0 Å². The summed E-state index contributed by atoms with van der Waals surface area (Å²) in [6, 6.07) is 4.34. The van der Waals surface area contributed by atoms with Gasteiger partial charge in [0.15, 0.2) is 0 Å². The van der Waals surface area contributed by atoms with E-state index in [4.69, 9.17) is 4.74 Å². The predicted octanol–water partition coefficient (Wildman–Crippen LogP) is 2.64. The predicted molar refractivity (Wildman–Crippen MR) is 78.8 cm³/mol. The number of imidazole rings is 1. The Morgan fingerprint density at radius 3 is 2.86 bits per heavy atom. The first-order valence-electron chi connectivity index (χ1n) is 6.69. The van der Waals surface area contributed by atoms with Gasteiger partial charge in [-0.2, -0.15) is 0 Å². The number of carbonyl (C=O) groups is 1. The number of amides is 1. The molecule has 7 heteroatoms. The Balaban J connectivity index is 1.79. The highest BCUT2D eigenvalue weighted by Crippen LogP contribution is 2.15. The molecule has 0 radical (unpaired) electrons. The molecule has 0 fully saturated rings. The van der Waals surface area contributed by atoms with Crippen LogP contribution in [0.3, 0.4) is 0 Å². The lowest BCUT2D eigenvalue weighted by Crippen LogP contribution is -2.35. The molecule has 2 rings (SSSR count). The number of hydrogen-bond donors (Lipinski definition) is 3. The van der Waals surface area contributed by atoms with Crippen LogP contribution in [0.2, 0.25) is 0 Å². The van der Waals surface area contributed by atoms with Crippen molar-refractivity contribution >= 4 is 23.1 Å². The SMILES string of the molecule is CC(C)(C)OC(=O)NCCNc1nc2ccc(F)cc2[nH]1. The molecule has 1 heterocycles. The average Bonchev–Trinajstić information content (AvgIpc) is 2.74. The van der Waals surface area contributed by atoms with Crippen molar-refractivity contribution in [2.45, 2.75) is 26.4 Å². The van der Waals surface area contributed by atoms with Crippen LogP contribution in [0, 0.1) is 5.82 Å². The summed E-state index contributed by atoms with van der Waals surface area (Å²) in [5, 5.41) is 5.64. The topological polar surface area (TPSA) is 79.0 Å². The average molecular weight is 294 g/mol. The lowest BCUT2D eigenvalue weighted by molar-refractivity contribution is 0.0530. The van der Waals surface area contributed by atoms with Gasteiger partial charge < -0.3 is 20.4 Å². The number of benzene rings is 1. The number of H-pyrrole nitrogens is 1. The first kappa shape index (κ1) is 15.1. The Hall–Kier alpha value is -2.31. The molecule has 21 heavy (non-hydrogen) atoms. The van der Waals surface area contributed by atoms with Crippen LogP contribution >= 0.6 is 0 Å². The first-order valence-corrected chi connectivity index (χ1v) is 6.69.